The van der Waals surface area contributed by atoms with E-state index in [1.165, 1.54) is 27.8 Å². The van der Waals surface area contributed by atoms with Crippen molar-refractivity contribution in [1.29, 1.82) is 0 Å². The summed E-state index contributed by atoms with van der Waals surface area (Å²) in [7, 11) is -3.64. The zero-order valence-corrected chi connectivity index (χ0v) is 18.2. The maximum atomic E-state index is 12.8. The monoisotopic (exact) mass is 459 g/mol. The summed E-state index contributed by atoms with van der Waals surface area (Å²) in [5.74, 6) is 0.185. The standard InChI is InChI=1S/C21H21N3O5S2/c25-21(16-3-1-5-19(11-16)29-13-18-14-30-15-22-18)23-17-4-2-6-20(12-17)31(26,27)24-7-9-28-10-8-24/h1-6,11-12,14-15H,7-10,13H2,(H,23,25). The highest BCUT2D eigenvalue weighted by atomic mass is 32.2. The molecule has 0 unspecified atom stereocenters. The van der Waals surface area contributed by atoms with E-state index in [1.807, 2.05) is 5.38 Å². The van der Waals surface area contributed by atoms with Crippen molar-refractivity contribution in [2.45, 2.75) is 11.5 Å². The van der Waals surface area contributed by atoms with Crippen molar-refractivity contribution in [3.63, 3.8) is 0 Å². The van der Waals surface area contributed by atoms with Gasteiger partial charge >= 0.3 is 0 Å². The Kier molecular flexibility index (Phi) is 6.62. The molecule has 2 aromatic carbocycles. The Labute approximate surface area is 184 Å². The smallest absolute Gasteiger partial charge is 0.255 e. The van der Waals surface area contributed by atoms with E-state index < -0.39 is 10.0 Å². The zero-order chi connectivity index (χ0) is 21.7. The normalized spacial score (nSPS) is 14.8. The number of carbonyl (C=O) groups is 1. The predicted octanol–water partition coefficient (Wildman–Crippen LogP) is 3.00. The molecule has 0 bridgehead atoms. The van der Waals surface area contributed by atoms with Gasteiger partial charge in [-0.15, -0.1) is 11.3 Å². The van der Waals surface area contributed by atoms with Gasteiger partial charge < -0.3 is 14.8 Å². The molecular weight excluding hydrogens is 438 g/mol. The lowest BCUT2D eigenvalue weighted by Crippen LogP contribution is -2.40. The number of ether oxygens (including phenoxy) is 2. The van der Waals surface area contributed by atoms with Crippen LogP contribution in [0.25, 0.3) is 0 Å². The van der Waals surface area contributed by atoms with Crippen LogP contribution < -0.4 is 10.1 Å². The number of anilines is 1. The summed E-state index contributed by atoms with van der Waals surface area (Å²) >= 11 is 1.49. The van der Waals surface area contributed by atoms with Gasteiger partial charge in [0.1, 0.15) is 12.4 Å². The van der Waals surface area contributed by atoms with Crippen molar-refractivity contribution >= 4 is 33.0 Å². The Balaban J connectivity index is 1.45. The highest BCUT2D eigenvalue weighted by Crippen LogP contribution is 2.22. The van der Waals surface area contributed by atoms with E-state index in [4.69, 9.17) is 9.47 Å². The van der Waals surface area contributed by atoms with Crippen LogP contribution in [-0.4, -0.2) is 49.9 Å². The van der Waals surface area contributed by atoms with E-state index in [1.54, 1.807) is 41.9 Å². The van der Waals surface area contributed by atoms with Gasteiger partial charge in [-0.25, -0.2) is 13.4 Å². The van der Waals surface area contributed by atoms with E-state index in [9.17, 15) is 13.2 Å². The molecule has 1 fully saturated rings. The Morgan fingerprint density at radius 2 is 1.97 bits per heavy atom. The maximum Gasteiger partial charge on any atom is 0.255 e. The minimum absolute atomic E-state index is 0.132. The molecule has 0 spiro atoms. The molecule has 1 saturated heterocycles. The number of carbonyl (C=O) groups excluding carboxylic acids is 1. The number of amides is 1. The molecule has 4 rings (SSSR count). The number of rotatable bonds is 7. The van der Waals surface area contributed by atoms with Gasteiger partial charge in [0.2, 0.25) is 10.0 Å². The number of sulfonamides is 1. The summed E-state index contributed by atoms with van der Waals surface area (Å²) in [6.45, 7) is 1.68. The molecule has 3 aromatic rings. The quantitative estimate of drug-likeness (QED) is 0.583. The number of nitrogens with zero attached hydrogens (tertiary/aromatic N) is 2. The first kappa shape index (κ1) is 21.4. The van der Waals surface area contributed by atoms with E-state index in [0.717, 1.165) is 5.69 Å². The van der Waals surface area contributed by atoms with Crippen LogP contribution in [0.3, 0.4) is 0 Å². The fraction of sp³-hybridized carbons (Fsp3) is 0.238. The van der Waals surface area contributed by atoms with Crippen LogP contribution in [0, 0.1) is 0 Å². The molecule has 8 nitrogen and oxygen atoms in total. The lowest BCUT2D eigenvalue weighted by atomic mass is 10.2. The Bertz CT molecular complexity index is 1140. The SMILES string of the molecule is O=C(Nc1cccc(S(=O)(=O)N2CCOCC2)c1)c1cccc(OCc2cscn2)c1. The third-order valence-corrected chi connectivity index (χ3v) is 7.20. The Morgan fingerprint density at radius 1 is 1.16 bits per heavy atom. The van der Waals surface area contributed by atoms with Crippen molar-refractivity contribution in [3.05, 3.63) is 70.7 Å². The molecule has 10 heteroatoms. The van der Waals surface area contributed by atoms with Gasteiger partial charge in [0, 0.05) is 29.7 Å². The average Bonchev–Trinajstić information content (AvgIpc) is 3.32. The highest BCUT2D eigenvalue weighted by Gasteiger charge is 2.26. The second kappa shape index (κ2) is 9.56. The van der Waals surface area contributed by atoms with E-state index >= 15 is 0 Å². The second-order valence-electron chi connectivity index (χ2n) is 6.79. The van der Waals surface area contributed by atoms with Crippen molar-refractivity contribution in [2.24, 2.45) is 0 Å². The van der Waals surface area contributed by atoms with Crippen LogP contribution >= 0.6 is 11.3 Å². The number of aromatic nitrogens is 1. The summed E-state index contributed by atoms with van der Waals surface area (Å²) in [6.07, 6.45) is 0. The van der Waals surface area contributed by atoms with E-state index in [0.29, 0.717) is 49.9 Å². The van der Waals surface area contributed by atoms with Gasteiger partial charge in [0.05, 0.1) is 29.3 Å². The Hall–Kier alpha value is -2.79. The van der Waals surface area contributed by atoms with Crippen LogP contribution in [0.15, 0.2) is 64.3 Å². The molecule has 1 amide bonds. The lowest BCUT2D eigenvalue weighted by Gasteiger charge is -2.26. The van der Waals surface area contributed by atoms with E-state index in [-0.39, 0.29) is 10.8 Å². The average molecular weight is 460 g/mol. The van der Waals surface area contributed by atoms with Gasteiger partial charge in [0.25, 0.3) is 5.91 Å². The van der Waals surface area contributed by atoms with Gasteiger partial charge in [0.15, 0.2) is 0 Å². The van der Waals surface area contributed by atoms with Crippen LogP contribution in [0.5, 0.6) is 5.75 Å². The summed E-state index contributed by atoms with van der Waals surface area (Å²) in [4.78, 5) is 17.0. The predicted molar refractivity (Wildman–Crippen MR) is 117 cm³/mol. The first-order valence-electron chi connectivity index (χ1n) is 9.61. The molecule has 0 saturated carbocycles. The topological polar surface area (TPSA) is 97.8 Å². The number of benzene rings is 2. The third-order valence-electron chi connectivity index (χ3n) is 4.67. The largest absolute Gasteiger partial charge is 0.487 e. The number of thiazole rings is 1. The molecule has 1 aliphatic rings. The van der Waals surface area contributed by atoms with Crippen LogP contribution in [0.1, 0.15) is 16.1 Å². The van der Waals surface area contributed by atoms with Gasteiger partial charge in [-0.2, -0.15) is 4.31 Å². The van der Waals surface area contributed by atoms with E-state index in [2.05, 4.69) is 10.3 Å². The molecule has 1 aromatic heterocycles. The molecule has 2 heterocycles. The highest BCUT2D eigenvalue weighted by molar-refractivity contribution is 7.89. The summed E-state index contributed by atoms with van der Waals surface area (Å²) in [5, 5.41) is 4.66. The lowest BCUT2D eigenvalue weighted by molar-refractivity contribution is 0.0730. The number of morpholine rings is 1. The Morgan fingerprint density at radius 3 is 2.74 bits per heavy atom. The van der Waals surface area contributed by atoms with Crippen LogP contribution in [-0.2, 0) is 21.4 Å². The van der Waals surface area contributed by atoms with Crippen molar-refractivity contribution in [3.8, 4) is 5.75 Å². The first-order valence-corrected chi connectivity index (χ1v) is 12.0. The molecule has 0 atom stereocenters. The molecule has 1 N–H and O–H groups in total. The number of hydrogen-bond acceptors (Lipinski definition) is 7. The van der Waals surface area contributed by atoms with Crippen molar-refractivity contribution in [2.75, 3.05) is 31.6 Å². The molecule has 1 aliphatic heterocycles. The summed E-state index contributed by atoms with van der Waals surface area (Å²) in [6, 6.07) is 13.0. The molecule has 162 valence electrons. The van der Waals surface area contributed by atoms with Gasteiger partial charge in [-0.3, -0.25) is 4.79 Å². The summed E-state index contributed by atoms with van der Waals surface area (Å²) in [5.41, 5.74) is 3.35. The maximum absolute atomic E-state index is 12.8. The second-order valence-corrected chi connectivity index (χ2v) is 9.45. The first-order chi connectivity index (χ1) is 15.0. The number of hydrogen-bond donors (Lipinski definition) is 1. The molecule has 31 heavy (non-hydrogen) atoms. The van der Waals surface area contributed by atoms with Gasteiger partial charge in [-0.1, -0.05) is 12.1 Å². The van der Waals surface area contributed by atoms with Crippen molar-refractivity contribution in [1.82, 2.24) is 9.29 Å². The van der Waals surface area contributed by atoms with Crippen LogP contribution in [0.4, 0.5) is 5.69 Å². The zero-order valence-electron chi connectivity index (χ0n) is 16.6. The molecule has 0 radical (unpaired) electrons. The molecular formula is C21H21N3O5S2. The molecule has 0 aliphatic carbocycles. The van der Waals surface area contributed by atoms with Crippen LogP contribution in [0.2, 0.25) is 0 Å². The number of nitrogens with one attached hydrogen (secondary N) is 1. The fourth-order valence-corrected chi connectivity index (χ4v) is 5.06. The minimum Gasteiger partial charge on any atom is -0.487 e. The third kappa shape index (κ3) is 5.28. The van der Waals surface area contributed by atoms with Gasteiger partial charge in [-0.05, 0) is 36.4 Å². The van der Waals surface area contributed by atoms with Crippen molar-refractivity contribution < 1.29 is 22.7 Å². The fourth-order valence-electron chi connectivity index (χ4n) is 3.07. The minimum atomic E-state index is -3.64. The summed E-state index contributed by atoms with van der Waals surface area (Å²) < 4.78 is 38.0.